The normalized spacial score (nSPS) is 19.0. The number of nitrogens with one attached hydrogen (secondary N) is 2. The maximum Gasteiger partial charge on any atom is 0.326 e. The number of carboxylic acids is 1. The Kier molecular flexibility index (Phi) is 6.28. The Bertz CT molecular complexity index is 676. The first-order valence-corrected chi connectivity index (χ1v) is 8.14. The Hall–Kier alpha value is -2.95. The summed E-state index contributed by atoms with van der Waals surface area (Å²) >= 11 is 0. The van der Waals surface area contributed by atoms with E-state index in [1.807, 2.05) is 0 Å². The number of aliphatic carboxylic acids is 1. The summed E-state index contributed by atoms with van der Waals surface area (Å²) in [4.78, 5) is 55.2. The number of nitrogens with two attached hydrogens (primary N) is 2. The van der Waals surface area contributed by atoms with E-state index in [-0.39, 0.29) is 12.8 Å². The van der Waals surface area contributed by atoms with Gasteiger partial charge in [0.05, 0.1) is 18.8 Å². The van der Waals surface area contributed by atoms with Gasteiger partial charge in [0.1, 0.15) is 12.1 Å². The molecule has 1 aliphatic rings. The van der Waals surface area contributed by atoms with Crippen LogP contribution in [0.25, 0.3) is 0 Å². The van der Waals surface area contributed by atoms with Crippen LogP contribution in [0, 0.1) is 0 Å². The van der Waals surface area contributed by atoms with Crippen LogP contribution >= 0.6 is 0 Å². The Morgan fingerprint density at radius 1 is 1.42 bits per heavy atom. The first-order valence-electron chi connectivity index (χ1n) is 8.14. The number of hydrogen-bond acceptors (Lipinski definition) is 6. The lowest BCUT2D eigenvalue weighted by molar-refractivity contribution is -0.149. The number of carbonyl (C=O) groups excluding carboxylic acids is 3. The first-order chi connectivity index (χ1) is 12.3. The topological polar surface area (TPSA) is 184 Å². The van der Waals surface area contributed by atoms with Crippen molar-refractivity contribution < 1.29 is 24.3 Å². The van der Waals surface area contributed by atoms with Gasteiger partial charge in [0.15, 0.2) is 0 Å². The summed E-state index contributed by atoms with van der Waals surface area (Å²) in [6.07, 6.45) is 3.55. The Morgan fingerprint density at radius 2 is 2.15 bits per heavy atom. The highest BCUT2D eigenvalue weighted by molar-refractivity contribution is 5.93. The van der Waals surface area contributed by atoms with Crippen molar-refractivity contribution in [3.8, 4) is 0 Å². The second-order valence-corrected chi connectivity index (χ2v) is 6.15. The molecule has 0 spiro atoms. The number of H-pyrrole nitrogens is 1. The minimum absolute atomic E-state index is 0.0801. The molecular weight excluding hydrogens is 344 g/mol. The van der Waals surface area contributed by atoms with Crippen LogP contribution in [-0.2, 0) is 25.6 Å². The van der Waals surface area contributed by atoms with Crippen LogP contribution in [-0.4, -0.2) is 68.3 Å². The molecule has 2 heterocycles. The number of carboxylic acid groups (broad SMARTS) is 1. The largest absolute Gasteiger partial charge is 0.480 e. The number of primary amides is 1. The van der Waals surface area contributed by atoms with E-state index in [2.05, 4.69) is 15.3 Å². The van der Waals surface area contributed by atoms with Crippen molar-refractivity contribution in [2.75, 3.05) is 6.54 Å². The highest BCUT2D eigenvalue weighted by Crippen LogP contribution is 2.19. The molecule has 1 aromatic rings. The summed E-state index contributed by atoms with van der Waals surface area (Å²) in [6.45, 7) is 0.290. The first kappa shape index (κ1) is 19.4. The fourth-order valence-electron chi connectivity index (χ4n) is 2.89. The number of carbonyl (C=O) groups is 4. The Labute approximate surface area is 149 Å². The summed E-state index contributed by atoms with van der Waals surface area (Å²) < 4.78 is 0. The van der Waals surface area contributed by atoms with Gasteiger partial charge in [-0.2, -0.15) is 0 Å². The molecule has 0 radical (unpaired) electrons. The number of nitrogens with zero attached hydrogens (tertiary/aromatic N) is 2. The minimum Gasteiger partial charge on any atom is -0.480 e. The van der Waals surface area contributed by atoms with Crippen LogP contribution < -0.4 is 16.8 Å². The van der Waals surface area contributed by atoms with Crippen molar-refractivity contribution in [2.45, 2.75) is 43.8 Å². The average Bonchev–Trinajstić information content (AvgIpc) is 3.24. The van der Waals surface area contributed by atoms with E-state index in [1.165, 1.54) is 17.4 Å². The molecule has 0 saturated carbocycles. The standard InChI is InChI=1S/C15H22N6O5/c16-9(5-12(17)22)13(23)20-10(4-8-6-18-7-19-8)14(24)21-3-1-2-11(21)15(25)26/h6-7,9-11H,1-5,16H2,(H2,17,22)(H,18,19)(H,20,23)(H,25,26). The molecule has 11 nitrogen and oxygen atoms in total. The van der Waals surface area contributed by atoms with Crippen molar-refractivity contribution in [3.63, 3.8) is 0 Å². The molecule has 11 heteroatoms. The third kappa shape index (κ3) is 4.79. The van der Waals surface area contributed by atoms with E-state index < -0.39 is 41.8 Å². The van der Waals surface area contributed by atoms with Gasteiger partial charge in [0, 0.05) is 24.9 Å². The van der Waals surface area contributed by atoms with Gasteiger partial charge < -0.3 is 31.8 Å². The van der Waals surface area contributed by atoms with Gasteiger partial charge in [0.25, 0.3) is 0 Å². The second kappa shape index (κ2) is 8.43. The molecule has 3 amide bonds. The van der Waals surface area contributed by atoms with Gasteiger partial charge in [-0.05, 0) is 12.8 Å². The molecule has 0 aromatic carbocycles. The summed E-state index contributed by atoms with van der Waals surface area (Å²) in [5, 5.41) is 11.8. The molecule has 142 valence electrons. The molecule has 7 N–H and O–H groups in total. The molecular formula is C15H22N6O5. The van der Waals surface area contributed by atoms with Crippen LogP contribution in [0.1, 0.15) is 25.0 Å². The summed E-state index contributed by atoms with van der Waals surface area (Å²) in [5.41, 5.74) is 11.2. The van der Waals surface area contributed by atoms with Gasteiger partial charge in [-0.1, -0.05) is 0 Å². The minimum atomic E-state index is -1.20. The molecule has 0 bridgehead atoms. The molecule has 3 atom stereocenters. The van der Waals surface area contributed by atoms with E-state index in [9.17, 15) is 24.3 Å². The van der Waals surface area contributed by atoms with Crippen LogP contribution in [0.3, 0.4) is 0 Å². The average molecular weight is 366 g/mol. The van der Waals surface area contributed by atoms with E-state index in [4.69, 9.17) is 11.5 Å². The lowest BCUT2D eigenvalue weighted by atomic mass is 10.1. The quantitative estimate of drug-likeness (QED) is 0.343. The van der Waals surface area contributed by atoms with Crippen LogP contribution in [0.2, 0.25) is 0 Å². The van der Waals surface area contributed by atoms with Gasteiger partial charge >= 0.3 is 5.97 Å². The number of likely N-dealkylation sites (tertiary alicyclic amines) is 1. The van der Waals surface area contributed by atoms with Crippen molar-refractivity contribution in [2.24, 2.45) is 11.5 Å². The highest BCUT2D eigenvalue weighted by Gasteiger charge is 2.38. The van der Waals surface area contributed by atoms with E-state index in [0.29, 0.717) is 25.1 Å². The lowest BCUT2D eigenvalue weighted by Gasteiger charge is -2.27. The third-order valence-electron chi connectivity index (χ3n) is 4.17. The second-order valence-electron chi connectivity index (χ2n) is 6.15. The SMILES string of the molecule is NC(=O)CC(N)C(=O)NC(Cc1cnc[nH]1)C(=O)N1CCCC1C(=O)O. The van der Waals surface area contributed by atoms with Gasteiger partial charge in [-0.15, -0.1) is 0 Å². The number of rotatable bonds is 8. The molecule has 1 aromatic heterocycles. The van der Waals surface area contributed by atoms with Gasteiger partial charge in [-0.25, -0.2) is 9.78 Å². The van der Waals surface area contributed by atoms with E-state index >= 15 is 0 Å². The zero-order chi connectivity index (χ0) is 19.3. The van der Waals surface area contributed by atoms with E-state index in [1.54, 1.807) is 0 Å². The Morgan fingerprint density at radius 3 is 2.73 bits per heavy atom. The molecule has 3 unspecified atom stereocenters. The molecule has 1 saturated heterocycles. The number of hydrogen-bond donors (Lipinski definition) is 5. The van der Waals surface area contributed by atoms with Crippen molar-refractivity contribution in [1.82, 2.24) is 20.2 Å². The number of imidazole rings is 1. The number of aromatic amines is 1. The smallest absolute Gasteiger partial charge is 0.326 e. The maximum atomic E-state index is 12.8. The van der Waals surface area contributed by atoms with Crippen LogP contribution in [0.4, 0.5) is 0 Å². The predicted octanol–water partition coefficient (Wildman–Crippen LogP) is -2.28. The summed E-state index contributed by atoms with van der Waals surface area (Å²) in [5.74, 6) is -3.07. The zero-order valence-electron chi connectivity index (χ0n) is 14.1. The zero-order valence-corrected chi connectivity index (χ0v) is 14.1. The highest BCUT2D eigenvalue weighted by atomic mass is 16.4. The van der Waals surface area contributed by atoms with Gasteiger partial charge in [-0.3, -0.25) is 14.4 Å². The third-order valence-corrected chi connectivity index (χ3v) is 4.17. The molecule has 26 heavy (non-hydrogen) atoms. The monoisotopic (exact) mass is 366 g/mol. The van der Waals surface area contributed by atoms with Crippen molar-refractivity contribution in [3.05, 3.63) is 18.2 Å². The number of aromatic nitrogens is 2. The maximum absolute atomic E-state index is 12.8. The number of amides is 3. The van der Waals surface area contributed by atoms with Crippen LogP contribution in [0.15, 0.2) is 12.5 Å². The fraction of sp³-hybridized carbons (Fsp3) is 0.533. The predicted molar refractivity (Wildman–Crippen MR) is 88.4 cm³/mol. The van der Waals surface area contributed by atoms with Gasteiger partial charge in [0.2, 0.25) is 17.7 Å². The Balaban J connectivity index is 2.15. The van der Waals surface area contributed by atoms with E-state index in [0.717, 1.165) is 0 Å². The fourth-order valence-corrected chi connectivity index (χ4v) is 2.89. The van der Waals surface area contributed by atoms with Crippen molar-refractivity contribution >= 4 is 23.7 Å². The molecule has 0 aliphatic carbocycles. The summed E-state index contributed by atoms with van der Waals surface area (Å²) in [6, 6.07) is -3.16. The van der Waals surface area contributed by atoms with Crippen molar-refractivity contribution in [1.29, 1.82) is 0 Å². The molecule has 1 fully saturated rings. The lowest BCUT2D eigenvalue weighted by Crippen LogP contribution is -2.55. The van der Waals surface area contributed by atoms with Crippen LogP contribution in [0.5, 0.6) is 0 Å². The molecule has 2 rings (SSSR count). The summed E-state index contributed by atoms with van der Waals surface area (Å²) in [7, 11) is 0. The molecule has 1 aliphatic heterocycles.